The number of nitrogens with one attached hydrogen (secondary N) is 1. The van der Waals surface area contributed by atoms with Gasteiger partial charge in [0.1, 0.15) is 23.1 Å². The van der Waals surface area contributed by atoms with Gasteiger partial charge < -0.3 is 5.11 Å². The number of carbonyl (C=O) groups is 1. The minimum Gasteiger partial charge on any atom is -0.478 e. The van der Waals surface area contributed by atoms with E-state index in [0.29, 0.717) is 12.1 Å². The highest BCUT2D eigenvalue weighted by molar-refractivity contribution is 7.92. The Balaban J connectivity index is 2.59. The van der Waals surface area contributed by atoms with Gasteiger partial charge in [-0.25, -0.2) is 26.4 Å². The van der Waals surface area contributed by atoms with Crippen LogP contribution in [0.4, 0.5) is 18.9 Å². The molecule has 0 aliphatic carbocycles. The number of carboxylic acids is 1. The van der Waals surface area contributed by atoms with E-state index < -0.39 is 49.6 Å². The molecule has 0 aliphatic heterocycles. The van der Waals surface area contributed by atoms with E-state index in [9.17, 15) is 26.4 Å². The van der Waals surface area contributed by atoms with Crippen LogP contribution >= 0.6 is 0 Å². The van der Waals surface area contributed by atoms with Crippen molar-refractivity contribution in [2.75, 3.05) is 4.72 Å². The van der Waals surface area contributed by atoms with Crippen molar-refractivity contribution in [2.45, 2.75) is 11.8 Å². The predicted octanol–water partition coefficient (Wildman–Crippen LogP) is 2.91. The summed E-state index contributed by atoms with van der Waals surface area (Å²) in [5, 5.41) is 8.87. The molecule has 0 aromatic heterocycles. The largest absolute Gasteiger partial charge is 0.478 e. The molecule has 0 amide bonds. The van der Waals surface area contributed by atoms with Gasteiger partial charge >= 0.3 is 5.97 Å². The third-order valence-electron chi connectivity index (χ3n) is 3.03. The third kappa shape index (κ3) is 3.29. The molecule has 9 heteroatoms. The molecule has 0 saturated heterocycles. The highest BCUT2D eigenvalue weighted by Gasteiger charge is 2.24. The van der Waals surface area contributed by atoms with Crippen molar-refractivity contribution < 1.29 is 31.5 Å². The number of sulfonamides is 1. The average Bonchev–Trinajstić information content (AvgIpc) is 2.45. The first-order valence-electron chi connectivity index (χ1n) is 6.13. The normalized spacial score (nSPS) is 11.3. The van der Waals surface area contributed by atoms with E-state index in [2.05, 4.69) is 0 Å². The lowest BCUT2D eigenvalue weighted by Crippen LogP contribution is -2.18. The van der Waals surface area contributed by atoms with Gasteiger partial charge in [-0.15, -0.1) is 0 Å². The fraction of sp³-hybridized carbons (Fsp3) is 0.0714. The summed E-state index contributed by atoms with van der Waals surface area (Å²) in [6.07, 6.45) is 0. The molecule has 2 rings (SSSR count). The van der Waals surface area contributed by atoms with Crippen LogP contribution < -0.4 is 4.72 Å². The Kier molecular flexibility index (Phi) is 4.33. The Morgan fingerprint density at radius 2 is 1.65 bits per heavy atom. The van der Waals surface area contributed by atoms with Crippen molar-refractivity contribution in [3.05, 3.63) is 58.9 Å². The zero-order valence-corrected chi connectivity index (χ0v) is 12.4. The van der Waals surface area contributed by atoms with E-state index >= 15 is 0 Å². The second-order valence-electron chi connectivity index (χ2n) is 4.59. The van der Waals surface area contributed by atoms with Crippen molar-refractivity contribution in [2.24, 2.45) is 0 Å². The van der Waals surface area contributed by atoms with Gasteiger partial charge in [0.15, 0.2) is 0 Å². The van der Waals surface area contributed by atoms with Gasteiger partial charge in [-0.1, -0.05) is 6.07 Å². The van der Waals surface area contributed by atoms with Crippen molar-refractivity contribution in [3.63, 3.8) is 0 Å². The van der Waals surface area contributed by atoms with Crippen LogP contribution in [-0.4, -0.2) is 19.5 Å². The lowest BCUT2D eigenvalue weighted by Gasteiger charge is -2.13. The molecule has 0 spiro atoms. The average molecular weight is 345 g/mol. The van der Waals surface area contributed by atoms with Crippen LogP contribution in [0.2, 0.25) is 0 Å². The Morgan fingerprint density at radius 3 is 2.17 bits per heavy atom. The van der Waals surface area contributed by atoms with Gasteiger partial charge in [-0.3, -0.25) is 4.72 Å². The van der Waals surface area contributed by atoms with Crippen LogP contribution in [0.1, 0.15) is 15.9 Å². The quantitative estimate of drug-likeness (QED) is 0.892. The van der Waals surface area contributed by atoms with Crippen molar-refractivity contribution in [3.8, 4) is 0 Å². The molecule has 0 unspecified atom stereocenters. The van der Waals surface area contributed by atoms with Gasteiger partial charge in [0.25, 0.3) is 10.0 Å². The molecule has 0 heterocycles. The molecule has 2 aromatic carbocycles. The molecule has 0 saturated carbocycles. The van der Waals surface area contributed by atoms with Crippen LogP contribution in [0, 0.1) is 24.4 Å². The van der Waals surface area contributed by atoms with Crippen LogP contribution in [0.25, 0.3) is 0 Å². The number of hydrogen-bond donors (Lipinski definition) is 2. The number of carboxylic acid groups (broad SMARTS) is 1. The maximum Gasteiger partial charge on any atom is 0.335 e. The van der Waals surface area contributed by atoms with Gasteiger partial charge in [0, 0.05) is 5.56 Å². The molecule has 23 heavy (non-hydrogen) atoms. The zero-order chi connectivity index (χ0) is 17.4. The lowest BCUT2D eigenvalue weighted by molar-refractivity contribution is 0.0696. The maximum absolute atomic E-state index is 13.7. The van der Waals surface area contributed by atoms with Gasteiger partial charge in [0.2, 0.25) is 0 Å². The highest BCUT2D eigenvalue weighted by atomic mass is 32.2. The molecule has 0 bridgehead atoms. The Labute approximate surface area is 129 Å². The molecule has 0 radical (unpaired) electrons. The van der Waals surface area contributed by atoms with E-state index in [0.717, 1.165) is 25.1 Å². The Bertz CT molecular complexity index is 877. The minimum absolute atomic E-state index is 0.376. The van der Waals surface area contributed by atoms with Crippen LogP contribution in [0.3, 0.4) is 0 Å². The summed E-state index contributed by atoms with van der Waals surface area (Å²) in [5.74, 6) is -4.95. The second kappa shape index (κ2) is 5.92. The van der Waals surface area contributed by atoms with Gasteiger partial charge in [-0.05, 0) is 31.2 Å². The molecule has 0 fully saturated rings. The molecule has 0 atom stereocenters. The Morgan fingerprint density at radius 1 is 1.09 bits per heavy atom. The summed E-state index contributed by atoms with van der Waals surface area (Å²) in [6, 6.07) is 4.07. The van der Waals surface area contributed by atoms with E-state index in [-0.39, 0.29) is 5.56 Å². The first kappa shape index (κ1) is 16.8. The van der Waals surface area contributed by atoms with Crippen LogP contribution in [0.15, 0.2) is 35.2 Å². The smallest absolute Gasteiger partial charge is 0.335 e. The van der Waals surface area contributed by atoms with Gasteiger partial charge in [0.05, 0.1) is 10.5 Å². The summed E-state index contributed by atoms with van der Waals surface area (Å²) in [5.41, 5.74) is -1.92. The SMILES string of the molecule is Cc1c(F)cc(C(=O)O)cc1S(=O)(=O)Nc1c(F)cccc1F. The monoisotopic (exact) mass is 345 g/mol. The number of para-hydroxylation sites is 1. The van der Waals surface area contributed by atoms with E-state index in [1.54, 1.807) is 4.72 Å². The van der Waals surface area contributed by atoms with Crippen molar-refractivity contribution in [1.82, 2.24) is 0 Å². The fourth-order valence-electron chi connectivity index (χ4n) is 1.84. The maximum atomic E-state index is 13.7. The summed E-state index contributed by atoms with van der Waals surface area (Å²) in [4.78, 5) is 10.2. The summed E-state index contributed by atoms with van der Waals surface area (Å²) in [7, 11) is -4.60. The zero-order valence-electron chi connectivity index (χ0n) is 11.6. The van der Waals surface area contributed by atoms with Crippen molar-refractivity contribution in [1.29, 1.82) is 0 Å². The fourth-order valence-corrected chi connectivity index (χ4v) is 3.20. The summed E-state index contributed by atoms with van der Waals surface area (Å²) < 4.78 is 67.0. The molecule has 122 valence electrons. The third-order valence-corrected chi connectivity index (χ3v) is 4.51. The lowest BCUT2D eigenvalue weighted by atomic mass is 10.1. The number of halogens is 3. The molecule has 2 aromatic rings. The molecular weight excluding hydrogens is 335 g/mol. The first-order valence-corrected chi connectivity index (χ1v) is 7.62. The van der Waals surface area contributed by atoms with Crippen LogP contribution in [0.5, 0.6) is 0 Å². The molecule has 0 aliphatic rings. The predicted molar refractivity (Wildman–Crippen MR) is 75.3 cm³/mol. The summed E-state index contributed by atoms with van der Waals surface area (Å²) >= 11 is 0. The molecular formula is C14H10F3NO4S. The van der Waals surface area contributed by atoms with E-state index in [1.165, 1.54) is 0 Å². The number of rotatable bonds is 4. The van der Waals surface area contributed by atoms with Crippen LogP contribution in [-0.2, 0) is 10.0 Å². The minimum atomic E-state index is -4.60. The number of hydrogen-bond acceptors (Lipinski definition) is 3. The summed E-state index contributed by atoms with van der Waals surface area (Å²) in [6.45, 7) is 1.10. The number of anilines is 1. The molecule has 2 N–H and O–H groups in total. The van der Waals surface area contributed by atoms with E-state index in [4.69, 9.17) is 5.11 Å². The van der Waals surface area contributed by atoms with Crippen molar-refractivity contribution >= 4 is 21.7 Å². The molecule has 5 nitrogen and oxygen atoms in total. The Hall–Kier alpha value is -2.55. The number of aromatic carboxylic acids is 1. The van der Waals surface area contributed by atoms with E-state index in [1.807, 2.05) is 0 Å². The standard InChI is InChI=1S/C14H10F3NO4S/c1-7-11(17)5-8(14(19)20)6-12(7)23(21,22)18-13-9(15)3-2-4-10(13)16/h2-6,18H,1H3,(H,19,20). The van der Waals surface area contributed by atoms with Gasteiger partial charge in [-0.2, -0.15) is 0 Å². The first-order chi connectivity index (χ1) is 10.6. The highest BCUT2D eigenvalue weighted by Crippen LogP contribution is 2.26. The number of benzene rings is 2. The second-order valence-corrected chi connectivity index (χ2v) is 6.24. The topological polar surface area (TPSA) is 83.5 Å².